The van der Waals surface area contributed by atoms with E-state index >= 15 is 0 Å². The van der Waals surface area contributed by atoms with Crippen LogP contribution in [0.1, 0.15) is 18.2 Å². The molecule has 102 valence electrons. The second kappa shape index (κ2) is 5.58. The van der Waals surface area contributed by atoms with Gasteiger partial charge < -0.3 is 5.32 Å². The third kappa shape index (κ3) is 2.51. The molecule has 20 heavy (non-hydrogen) atoms. The summed E-state index contributed by atoms with van der Waals surface area (Å²) in [5, 5.41) is 7.61. The lowest BCUT2D eigenvalue weighted by atomic mass is 10.1. The normalized spacial score (nSPS) is 10.9. The molecule has 0 saturated carbocycles. The first-order chi connectivity index (χ1) is 9.78. The van der Waals surface area contributed by atoms with E-state index in [4.69, 9.17) is 0 Å². The zero-order valence-corrected chi connectivity index (χ0v) is 12.6. The highest BCUT2D eigenvalue weighted by Gasteiger charge is 2.07. The molecule has 0 bridgehead atoms. The lowest BCUT2D eigenvalue weighted by Gasteiger charge is -2.06. The maximum Gasteiger partial charge on any atom is 0.243 e. The minimum Gasteiger partial charge on any atom is -0.347 e. The summed E-state index contributed by atoms with van der Waals surface area (Å²) in [5.74, 6) is 0.601. The predicted molar refractivity (Wildman–Crippen MR) is 81.6 cm³/mol. The van der Waals surface area contributed by atoms with Crippen molar-refractivity contribution >= 4 is 27.5 Å². The number of nitrogens with zero attached hydrogens (tertiary/aromatic N) is 4. The van der Waals surface area contributed by atoms with E-state index in [1.165, 1.54) is 5.56 Å². The highest BCUT2D eigenvalue weighted by atomic mass is 79.9. The molecule has 0 fully saturated rings. The maximum atomic E-state index is 4.45. The minimum absolute atomic E-state index is 0.601. The summed E-state index contributed by atoms with van der Waals surface area (Å²) in [6.45, 7) is 2.75. The average molecular weight is 332 g/mol. The van der Waals surface area contributed by atoms with Gasteiger partial charge in [0, 0.05) is 12.4 Å². The fourth-order valence-corrected chi connectivity index (χ4v) is 2.49. The summed E-state index contributed by atoms with van der Waals surface area (Å²) in [6.07, 6.45) is 4.65. The van der Waals surface area contributed by atoms with Gasteiger partial charge in [0.1, 0.15) is 0 Å². The molecule has 3 aromatic rings. The maximum absolute atomic E-state index is 4.45. The van der Waals surface area contributed by atoms with Crippen LogP contribution in [-0.4, -0.2) is 19.6 Å². The first kappa shape index (κ1) is 13.1. The Kier molecular flexibility index (Phi) is 3.64. The second-order valence-corrected chi connectivity index (χ2v) is 5.23. The third-order valence-corrected chi connectivity index (χ3v) is 3.71. The van der Waals surface area contributed by atoms with E-state index in [-0.39, 0.29) is 0 Å². The Morgan fingerprint density at radius 3 is 3.00 bits per heavy atom. The molecule has 0 saturated heterocycles. The van der Waals surface area contributed by atoms with Crippen molar-refractivity contribution in [2.75, 3.05) is 5.32 Å². The van der Waals surface area contributed by atoms with Gasteiger partial charge in [-0.3, -0.25) is 4.98 Å². The zero-order chi connectivity index (χ0) is 13.9. The first-order valence-corrected chi connectivity index (χ1v) is 7.24. The molecule has 6 heteroatoms. The van der Waals surface area contributed by atoms with E-state index in [2.05, 4.69) is 49.3 Å². The van der Waals surface area contributed by atoms with Crippen LogP contribution >= 0.6 is 15.9 Å². The van der Waals surface area contributed by atoms with Crippen molar-refractivity contribution in [2.24, 2.45) is 0 Å². The van der Waals surface area contributed by atoms with E-state index in [1.807, 2.05) is 30.6 Å². The van der Waals surface area contributed by atoms with Crippen LogP contribution in [0.15, 0.2) is 41.1 Å². The molecule has 0 unspecified atom stereocenters. The molecule has 3 aromatic heterocycles. The molecular formula is C14H14BrN5. The molecule has 0 aliphatic heterocycles. The molecule has 0 amide bonds. The van der Waals surface area contributed by atoms with Crippen molar-refractivity contribution in [3.05, 3.63) is 52.4 Å². The van der Waals surface area contributed by atoms with Gasteiger partial charge in [-0.2, -0.15) is 4.98 Å². The topological polar surface area (TPSA) is 55.1 Å². The molecule has 1 N–H and O–H groups in total. The van der Waals surface area contributed by atoms with Gasteiger partial charge >= 0.3 is 0 Å². The van der Waals surface area contributed by atoms with Gasteiger partial charge in [0.05, 0.1) is 16.7 Å². The van der Waals surface area contributed by atoms with Crippen LogP contribution in [-0.2, 0) is 13.0 Å². The number of fused-ring (bicyclic) bond motifs is 1. The standard InChI is InChI=1S/C14H14BrN5/c1-2-10-5-3-7-16-12(10)9-17-14-18-13-11(15)6-4-8-20(13)19-14/h3-8H,2,9H2,1H3,(H,17,19). The van der Waals surface area contributed by atoms with Crippen LogP contribution in [0.2, 0.25) is 0 Å². The monoisotopic (exact) mass is 331 g/mol. The van der Waals surface area contributed by atoms with Crippen LogP contribution in [0.4, 0.5) is 5.95 Å². The van der Waals surface area contributed by atoms with Crippen LogP contribution < -0.4 is 5.32 Å². The van der Waals surface area contributed by atoms with Gasteiger partial charge in [-0.25, -0.2) is 4.52 Å². The van der Waals surface area contributed by atoms with Crippen LogP contribution in [0, 0.1) is 0 Å². The van der Waals surface area contributed by atoms with Crippen LogP contribution in [0.25, 0.3) is 5.65 Å². The van der Waals surface area contributed by atoms with Gasteiger partial charge in [0.25, 0.3) is 0 Å². The van der Waals surface area contributed by atoms with Crippen molar-refractivity contribution in [1.82, 2.24) is 19.6 Å². The number of rotatable bonds is 4. The molecule has 0 atom stereocenters. The first-order valence-electron chi connectivity index (χ1n) is 6.45. The van der Waals surface area contributed by atoms with Crippen LogP contribution in [0.5, 0.6) is 0 Å². The summed E-state index contributed by atoms with van der Waals surface area (Å²) < 4.78 is 2.67. The summed E-state index contributed by atoms with van der Waals surface area (Å²) in [5.41, 5.74) is 3.07. The summed E-state index contributed by atoms with van der Waals surface area (Å²) in [7, 11) is 0. The number of hydrogen-bond donors (Lipinski definition) is 1. The van der Waals surface area contributed by atoms with Crippen molar-refractivity contribution < 1.29 is 0 Å². The smallest absolute Gasteiger partial charge is 0.243 e. The van der Waals surface area contributed by atoms with Crippen molar-refractivity contribution in [3.63, 3.8) is 0 Å². The number of nitrogens with one attached hydrogen (secondary N) is 1. The summed E-state index contributed by atoms with van der Waals surface area (Å²) >= 11 is 3.47. The Morgan fingerprint density at radius 1 is 1.30 bits per heavy atom. The highest BCUT2D eigenvalue weighted by molar-refractivity contribution is 9.10. The Labute approximate surface area is 125 Å². The Morgan fingerprint density at radius 2 is 2.20 bits per heavy atom. The van der Waals surface area contributed by atoms with Gasteiger partial charge in [-0.15, -0.1) is 5.10 Å². The number of hydrogen-bond acceptors (Lipinski definition) is 4. The number of pyridine rings is 2. The second-order valence-electron chi connectivity index (χ2n) is 4.38. The SMILES string of the molecule is CCc1cccnc1CNc1nc2c(Br)cccn2n1. The molecule has 0 aromatic carbocycles. The van der Waals surface area contributed by atoms with Crippen molar-refractivity contribution in [2.45, 2.75) is 19.9 Å². The molecule has 0 aliphatic rings. The van der Waals surface area contributed by atoms with Gasteiger partial charge in [0.2, 0.25) is 5.95 Å². The molecule has 0 spiro atoms. The summed E-state index contributed by atoms with van der Waals surface area (Å²) in [4.78, 5) is 8.85. The minimum atomic E-state index is 0.601. The van der Waals surface area contributed by atoms with Crippen LogP contribution in [0.3, 0.4) is 0 Å². The third-order valence-electron chi connectivity index (χ3n) is 3.09. The van der Waals surface area contributed by atoms with Gasteiger partial charge in [-0.1, -0.05) is 13.0 Å². The molecule has 0 radical (unpaired) electrons. The zero-order valence-electron chi connectivity index (χ0n) is 11.0. The fraction of sp³-hybridized carbons (Fsp3) is 0.214. The lowest BCUT2D eigenvalue weighted by Crippen LogP contribution is -2.06. The fourth-order valence-electron chi connectivity index (χ4n) is 2.06. The molecule has 3 rings (SSSR count). The highest BCUT2D eigenvalue weighted by Crippen LogP contribution is 2.17. The van der Waals surface area contributed by atoms with E-state index in [0.717, 1.165) is 22.2 Å². The molecule has 3 heterocycles. The van der Waals surface area contributed by atoms with Crippen molar-refractivity contribution in [1.29, 1.82) is 0 Å². The van der Waals surface area contributed by atoms with Gasteiger partial charge in [-0.05, 0) is 46.1 Å². The number of anilines is 1. The van der Waals surface area contributed by atoms with E-state index in [0.29, 0.717) is 12.5 Å². The largest absolute Gasteiger partial charge is 0.347 e. The molecule has 5 nitrogen and oxygen atoms in total. The Hall–Kier alpha value is -1.95. The Balaban J connectivity index is 1.82. The number of aryl methyl sites for hydroxylation is 1. The predicted octanol–water partition coefficient (Wildman–Crippen LogP) is 3.06. The quantitative estimate of drug-likeness (QED) is 0.798. The average Bonchev–Trinajstić information content (AvgIpc) is 2.90. The van der Waals surface area contributed by atoms with E-state index in [9.17, 15) is 0 Å². The van der Waals surface area contributed by atoms with Gasteiger partial charge in [0.15, 0.2) is 5.65 Å². The van der Waals surface area contributed by atoms with E-state index in [1.54, 1.807) is 4.52 Å². The number of halogens is 1. The number of aromatic nitrogens is 4. The van der Waals surface area contributed by atoms with E-state index < -0.39 is 0 Å². The Bertz CT molecular complexity index is 737. The van der Waals surface area contributed by atoms with Crippen molar-refractivity contribution in [3.8, 4) is 0 Å². The lowest BCUT2D eigenvalue weighted by molar-refractivity contribution is 0.926. The summed E-state index contributed by atoms with van der Waals surface area (Å²) in [6, 6.07) is 7.92. The molecular weight excluding hydrogens is 318 g/mol. The molecule has 0 aliphatic carbocycles.